The van der Waals surface area contributed by atoms with Crippen molar-refractivity contribution in [3.05, 3.63) is 54.1 Å². The summed E-state index contributed by atoms with van der Waals surface area (Å²) < 4.78 is 11.5. The van der Waals surface area contributed by atoms with Crippen LogP contribution in [0.15, 0.2) is 48.5 Å². The molecule has 1 unspecified atom stereocenters. The Morgan fingerprint density at radius 3 is 2.57 bits per heavy atom. The van der Waals surface area contributed by atoms with Gasteiger partial charge in [-0.1, -0.05) is 32.0 Å². The van der Waals surface area contributed by atoms with Gasteiger partial charge in [0.1, 0.15) is 11.5 Å². The Morgan fingerprint density at radius 2 is 1.78 bits per heavy atom. The first-order valence-corrected chi connectivity index (χ1v) is 8.43. The van der Waals surface area contributed by atoms with Crippen molar-refractivity contribution in [1.29, 1.82) is 0 Å². The zero-order chi connectivity index (χ0) is 16.5. The van der Waals surface area contributed by atoms with Crippen molar-refractivity contribution in [2.24, 2.45) is 0 Å². The molecule has 0 heterocycles. The molecule has 0 aliphatic heterocycles. The maximum absolute atomic E-state index is 5.86. The fourth-order valence-corrected chi connectivity index (χ4v) is 2.16. The highest BCUT2D eigenvalue weighted by atomic mass is 16.5. The molecular weight excluding hydrogens is 286 g/mol. The first kappa shape index (κ1) is 17.2. The smallest absolute Gasteiger partial charge is 0.121 e. The number of benzene rings is 2. The Hall–Kier alpha value is -2.16. The molecule has 0 bridgehead atoms. The van der Waals surface area contributed by atoms with Crippen molar-refractivity contribution < 1.29 is 9.47 Å². The van der Waals surface area contributed by atoms with E-state index in [0.717, 1.165) is 43.2 Å². The van der Waals surface area contributed by atoms with Crippen LogP contribution in [0.5, 0.6) is 11.5 Å². The van der Waals surface area contributed by atoms with Gasteiger partial charge in [-0.05, 0) is 49.6 Å². The van der Waals surface area contributed by atoms with E-state index >= 15 is 0 Å². The van der Waals surface area contributed by atoms with Crippen LogP contribution in [-0.2, 0) is 6.54 Å². The average Bonchev–Trinajstić information content (AvgIpc) is 2.59. The van der Waals surface area contributed by atoms with Gasteiger partial charge in [0, 0.05) is 18.3 Å². The van der Waals surface area contributed by atoms with Crippen molar-refractivity contribution >= 4 is 5.69 Å². The molecule has 0 radical (unpaired) electrons. The highest BCUT2D eigenvalue weighted by molar-refractivity contribution is 5.48. The Balaban J connectivity index is 1.94. The molecule has 1 atom stereocenters. The largest absolute Gasteiger partial charge is 0.494 e. The van der Waals surface area contributed by atoms with E-state index in [1.807, 2.05) is 30.3 Å². The quantitative estimate of drug-likeness (QED) is 0.684. The summed E-state index contributed by atoms with van der Waals surface area (Å²) in [6.07, 6.45) is 2.26. The molecule has 23 heavy (non-hydrogen) atoms. The summed E-state index contributed by atoms with van der Waals surface area (Å²) in [5.41, 5.74) is 2.26. The third-order valence-electron chi connectivity index (χ3n) is 3.61. The standard InChI is InChI=1S/C20H27NO2/c1-4-12-22-19-10-6-8-17(13-19)15-21-18-9-7-11-20(14-18)23-16(3)5-2/h6-11,13-14,16,21H,4-5,12,15H2,1-3H3. The summed E-state index contributed by atoms with van der Waals surface area (Å²) in [5, 5.41) is 3.44. The second kappa shape index (κ2) is 9.09. The van der Waals surface area contributed by atoms with E-state index in [9.17, 15) is 0 Å². The van der Waals surface area contributed by atoms with Gasteiger partial charge in [0.25, 0.3) is 0 Å². The minimum Gasteiger partial charge on any atom is -0.494 e. The molecule has 0 saturated carbocycles. The minimum atomic E-state index is 0.234. The molecule has 0 aliphatic rings. The van der Waals surface area contributed by atoms with Gasteiger partial charge in [0.15, 0.2) is 0 Å². The number of hydrogen-bond acceptors (Lipinski definition) is 3. The van der Waals surface area contributed by atoms with Crippen LogP contribution in [0, 0.1) is 0 Å². The first-order valence-electron chi connectivity index (χ1n) is 8.43. The summed E-state index contributed by atoms with van der Waals surface area (Å²) in [6.45, 7) is 7.84. The summed E-state index contributed by atoms with van der Waals surface area (Å²) in [5.74, 6) is 1.84. The number of ether oxygens (including phenoxy) is 2. The second-order valence-electron chi connectivity index (χ2n) is 5.71. The Kier molecular flexibility index (Phi) is 6.79. The van der Waals surface area contributed by atoms with E-state index in [4.69, 9.17) is 9.47 Å². The highest BCUT2D eigenvalue weighted by Crippen LogP contribution is 2.20. The molecule has 3 nitrogen and oxygen atoms in total. The minimum absolute atomic E-state index is 0.234. The lowest BCUT2D eigenvalue weighted by atomic mass is 10.2. The van der Waals surface area contributed by atoms with E-state index in [0.29, 0.717) is 0 Å². The Morgan fingerprint density at radius 1 is 1.00 bits per heavy atom. The normalized spacial score (nSPS) is 11.8. The van der Waals surface area contributed by atoms with Gasteiger partial charge < -0.3 is 14.8 Å². The van der Waals surface area contributed by atoms with Crippen molar-refractivity contribution in [1.82, 2.24) is 0 Å². The predicted octanol–water partition coefficient (Wildman–Crippen LogP) is 5.26. The molecule has 2 aromatic carbocycles. The molecule has 0 saturated heterocycles. The number of anilines is 1. The van der Waals surface area contributed by atoms with Crippen LogP contribution in [0.3, 0.4) is 0 Å². The van der Waals surface area contributed by atoms with Crippen LogP contribution in [0.2, 0.25) is 0 Å². The van der Waals surface area contributed by atoms with E-state index in [1.54, 1.807) is 0 Å². The van der Waals surface area contributed by atoms with Gasteiger partial charge in [0.05, 0.1) is 12.7 Å². The van der Waals surface area contributed by atoms with Crippen molar-refractivity contribution in [3.8, 4) is 11.5 Å². The molecule has 0 aliphatic carbocycles. The summed E-state index contributed by atoms with van der Waals surface area (Å²) >= 11 is 0. The predicted molar refractivity (Wildman–Crippen MR) is 96.4 cm³/mol. The zero-order valence-electron chi connectivity index (χ0n) is 14.3. The third-order valence-corrected chi connectivity index (χ3v) is 3.61. The van der Waals surface area contributed by atoms with E-state index in [-0.39, 0.29) is 6.10 Å². The monoisotopic (exact) mass is 313 g/mol. The summed E-state index contributed by atoms with van der Waals surface area (Å²) in [4.78, 5) is 0. The first-order chi connectivity index (χ1) is 11.2. The topological polar surface area (TPSA) is 30.5 Å². The van der Waals surface area contributed by atoms with Crippen molar-refractivity contribution in [2.45, 2.75) is 46.3 Å². The Bertz CT molecular complexity index is 598. The van der Waals surface area contributed by atoms with Crippen molar-refractivity contribution in [3.63, 3.8) is 0 Å². The molecule has 2 rings (SSSR count). The van der Waals surface area contributed by atoms with Crippen LogP contribution in [0.1, 0.15) is 39.2 Å². The van der Waals surface area contributed by atoms with Crippen LogP contribution >= 0.6 is 0 Å². The molecule has 3 heteroatoms. The molecule has 124 valence electrons. The lowest BCUT2D eigenvalue weighted by Crippen LogP contribution is -2.09. The summed E-state index contributed by atoms with van der Waals surface area (Å²) in [7, 11) is 0. The van der Waals surface area contributed by atoms with Crippen LogP contribution in [-0.4, -0.2) is 12.7 Å². The molecule has 1 N–H and O–H groups in total. The maximum atomic E-state index is 5.86. The summed E-state index contributed by atoms with van der Waals surface area (Å²) in [6, 6.07) is 16.3. The average molecular weight is 313 g/mol. The van der Waals surface area contributed by atoms with Crippen LogP contribution in [0.4, 0.5) is 5.69 Å². The van der Waals surface area contributed by atoms with Gasteiger partial charge in [-0.3, -0.25) is 0 Å². The fraction of sp³-hybridized carbons (Fsp3) is 0.400. The number of nitrogens with one attached hydrogen (secondary N) is 1. The van der Waals surface area contributed by atoms with Gasteiger partial charge in [-0.15, -0.1) is 0 Å². The number of hydrogen-bond donors (Lipinski definition) is 1. The Labute approximate surface area is 139 Å². The van der Waals surface area contributed by atoms with Gasteiger partial charge in [-0.25, -0.2) is 0 Å². The second-order valence-corrected chi connectivity index (χ2v) is 5.71. The SMILES string of the molecule is CCCOc1cccc(CNc2cccc(OC(C)CC)c2)c1. The van der Waals surface area contributed by atoms with Gasteiger partial charge >= 0.3 is 0 Å². The van der Waals surface area contributed by atoms with Gasteiger partial charge in [-0.2, -0.15) is 0 Å². The fourth-order valence-electron chi connectivity index (χ4n) is 2.16. The van der Waals surface area contributed by atoms with Crippen LogP contribution in [0.25, 0.3) is 0 Å². The van der Waals surface area contributed by atoms with Gasteiger partial charge in [0.2, 0.25) is 0 Å². The lowest BCUT2D eigenvalue weighted by molar-refractivity contribution is 0.217. The zero-order valence-corrected chi connectivity index (χ0v) is 14.3. The highest BCUT2D eigenvalue weighted by Gasteiger charge is 2.02. The maximum Gasteiger partial charge on any atom is 0.121 e. The molecular formula is C20H27NO2. The number of rotatable bonds is 9. The lowest BCUT2D eigenvalue weighted by Gasteiger charge is -2.14. The van der Waals surface area contributed by atoms with Crippen LogP contribution < -0.4 is 14.8 Å². The van der Waals surface area contributed by atoms with E-state index in [1.165, 1.54) is 5.56 Å². The van der Waals surface area contributed by atoms with E-state index in [2.05, 4.69) is 44.3 Å². The molecule has 0 spiro atoms. The van der Waals surface area contributed by atoms with E-state index < -0.39 is 0 Å². The molecule has 0 amide bonds. The third kappa shape index (κ3) is 5.85. The molecule has 0 aromatic heterocycles. The molecule has 0 fully saturated rings. The molecule has 2 aromatic rings. The van der Waals surface area contributed by atoms with Crippen molar-refractivity contribution in [2.75, 3.05) is 11.9 Å².